The Hall–Kier alpha value is -7.31. The van der Waals surface area contributed by atoms with Crippen molar-refractivity contribution in [3.05, 3.63) is 77.4 Å². The molecule has 0 saturated carbocycles. The third-order valence-electron chi connectivity index (χ3n) is 10.7. The Morgan fingerprint density at radius 2 is 0.883 bits per heavy atom. The Morgan fingerprint density at radius 1 is 0.442 bits per heavy atom. The quantitative estimate of drug-likeness (QED) is 0.0152. The van der Waals surface area contributed by atoms with Gasteiger partial charge in [0.05, 0.1) is 0 Å². The number of nitrogens with two attached hydrogens (primary N) is 3. The van der Waals surface area contributed by atoms with E-state index in [1.807, 2.05) is 30.3 Å². The van der Waals surface area contributed by atoms with E-state index < -0.39 is 0 Å². The molecule has 0 radical (unpaired) electrons. The number of hydrogen-bond donors (Lipinski definition) is 10. The lowest BCUT2D eigenvalue weighted by atomic mass is 10.3. The van der Waals surface area contributed by atoms with Crippen LogP contribution < -0.4 is 49.1 Å². The second-order valence-corrected chi connectivity index (χ2v) is 19.7. The zero-order valence-electron chi connectivity index (χ0n) is 43.4. The second kappa shape index (κ2) is 31.7. The molecule has 77 heavy (non-hydrogen) atoms. The smallest absolute Gasteiger partial charge is 0.227 e. The van der Waals surface area contributed by atoms with Crippen LogP contribution in [0, 0.1) is 6.92 Å². The van der Waals surface area contributed by atoms with E-state index in [0.29, 0.717) is 184 Å². The maximum Gasteiger partial charge on any atom is 0.227 e. The van der Waals surface area contributed by atoms with E-state index in [1.165, 1.54) is 18.1 Å². The number of anilines is 8. The van der Waals surface area contributed by atoms with Crippen LogP contribution in [0.3, 0.4) is 0 Å². The van der Waals surface area contributed by atoms with Gasteiger partial charge in [0.25, 0.3) is 0 Å². The number of benzene rings is 1. The minimum Gasteiger partial charge on any atom is -0.368 e. The maximum absolute atomic E-state index is 5.99. The summed E-state index contributed by atoms with van der Waals surface area (Å²) in [5.74, 6) is 9.36. The molecule has 6 heterocycles. The van der Waals surface area contributed by atoms with Crippen LogP contribution >= 0.6 is 36.2 Å². The van der Waals surface area contributed by atoms with Gasteiger partial charge in [-0.3, -0.25) is 0 Å². The number of nitrogens with one attached hydrogen (secondary N) is 6. The molecule has 0 atom stereocenters. The van der Waals surface area contributed by atoms with Gasteiger partial charge < -0.3 is 49.1 Å². The molecule has 27 nitrogen and oxygen atoms in total. The molecule has 0 aliphatic rings. The third kappa shape index (κ3) is 21.0. The fourth-order valence-electron chi connectivity index (χ4n) is 7.20. The monoisotopic (exact) mass is 1110 g/mol. The van der Waals surface area contributed by atoms with Crippen molar-refractivity contribution in [3.8, 4) is 0 Å². The first-order valence-electron chi connectivity index (χ1n) is 25.7. The van der Waals surface area contributed by atoms with Crippen molar-refractivity contribution in [2.75, 3.05) is 101 Å². The fraction of sp³-hybridized carbons (Fsp3) is 0.489. The van der Waals surface area contributed by atoms with Crippen molar-refractivity contribution in [2.24, 2.45) is 5.73 Å². The van der Waals surface area contributed by atoms with Crippen LogP contribution in [-0.4, -0.2) is 147 Å². The number of thioether (sulfide) groups is 1. The van der Waals surface area contributed by atoms with E-state index in [0.717, 1.165) is 42.2 Å². The highest BCUT2D eigenvalue weighted by Gasteiger charge is 2.13. The first-order valence-corrected chi connectivity index (χ1v) is 28.1. The van der Waals surface area contributed by atoms with Gasteiger partial charge in [-0.2, -0.15) is 77.4 Å². The number of hydrogen-bond acceptors (Lipinski definition) is 30. The van der Waals surface area contributed by atoms with Crippen LogP contribution in [-0.2, 0) is 38.5 Å². The van der Waals surface area contributed by atoms with E-state index in [2.05, 4.69) is 121 Å². The van der Waals surface area contributed by atoms with Gasteiger partial charge in [-0.25, -0.2) is 24.9 Å². The predicted octanol–water partition coefficient (Wildman–Crippen LogP) is 3.99. The Bertz CT molecular complexity index is 2870. The van der Waals surface area contributed by atoms with Crippen molar-refractivity contribution in [3.63, 3.8) is 0 Å². The van der Waals surface area contributed by atoms with Gasteiger partial charge >= 0.3 is 0 Å². The molecule has 0 aliphatic carbocycles. The Balaban J connectivity index is 0.850. The Kier molecular flexibility index (Phi) is 23.6. The number of thiol groups is 1. The van der Waals surface area contributed by atoms with Gasteiger partial charge in [0.1, 0.15) is 47.1 Å². The number of aryl methyl sites for hydroxylation is 7. The fourth-order valence-corrected chi connectivity index (χ4v) is 8.68. The molecule has 6 aromatic heterocycles. The minimum absolute atomic E-state index is 0.150. The molecule has 7 aromatic rings. The summed E-state index contributed by atoms with van der Waals surface area (Å²) in [5.41, 5.74) is 17.5. The van der Waals surface area contributed by atoms with E-state index in [1.54, 1.807) is 18.7 Å². The molecular weight excluding hydrogens is 1040 g/mol. The number of rotatable bonds is 35. The molecule has 0 saturated heterocycles. The summed E-state index contributed by atoms with van der Waals surface area (Å²) in [5, 5.41) is 21.2. The van der Waals surface area contributed by atoms with Crippen molar-refractivity contribution in [1.82, 2.24) is 89.7 Å². The normalized spacial score (nSPS) is 11.1. The molecule has 408 valence electrons. The average Bonchev–Trinajstić information content (AvgIpc) is 3.41. The molecule has 0 bridgehead atoms. The average molecular weight is 1110 g/mol. The molecule has 1 aromatic carbocycles. The lowest BCUT2D eigenvalue weighted by Gasteiger charge is -2.11. The molecule has 0 spiro atoms. The van der Waals surface area contributed by atoms with Crippen LogP contribution in [0.2, 0.25) is 0 Å². The topological polar surface area (TPSA) is 382 Å². The maximum atomic E-state index is 5.99. The Labute approximate surface area is 461 Å². The largest absolute Gasteiger partial charge is 0.368 e. The van der Waals surface area contributed by atoms with E-state index in [9.17, 15) is 0 Å². The van der Waals surface area contributed by atoms with Gasteiger partial charge in [-0.15, -0.1) is 0 Å². The summed E-state index contributed by atoms with van der Waals surface area (Å²) in [4.78, 5) is 82.2. The molecule has 0 amide bonds. The van der Waals surface area contributed by atoms with Crippen molar-refractivity contribution in [2.45, 2.75) is 106 Å². The first-order chi connectivity index (χ1) is 37.7. The van der Waals surface area contributed by atoms with E-state index in [4.69, 9.17) is 37.1 Å². The standard InChI is InChI=1S/C47H67N27S3/c1-3-76-46-69-36(15-7-21-48)67-44(73-46)54-26-12-20-37-68-45(74-47(70-37)77-31-13-5-4-6-14-31)55-25-11-19-35-65-42(72-43(66-35)56-27-28-75)53-23-8-16-32-57-29-58-40(63-32)51-22-10-18-34-62-39(50)71-41(64-34)52-24-9-17-33-59-30(2)60-38(49)61-33/h4-6,13-14,29,75H,3,7-12,15-28,48H2,1-2H3,(H2,49,59,60,61)(H,51,57,58,63)(H,54,67,69,73)(H,55,68,70,74)(H3,50,52,62,64,71)(H2,53,56,65,66,72). The van der Waals surface area contributed by atoms with Gasteiger partial charge in [-0.1, -0.05) is 36.9 Å². The molecule has 0 fully saturated rings. The van der Waals surface area contributed by atoms with Gasteiger partial charge in [-0.05, 0) is 81.6 Å². The molecule has 0 aliphatic heterocycles. The van der Waals surface area contributed by atoms with E-state index in [-0.39, 0.29) is 11.9 Å². The minimum atomic E-state index is 0.150. The zero-order valence-corrected chi connectivity index (χ0v) is 45.9. The zero-order chi connectivity index (χ0) is 53.9. The SMILES string of the molecule is CCSc1nc(CCCN)nc(NCCCc2nc(NCCCc3nc(NCCS)nc(NCCCc4ncnc(NCCCc5nc(N)nc(NCCCc6nc(C)nc(N)n6)n5)n4)n3)nc(Sc3ccccc3)n2)n1. The summed E-state index contributed by atoms with van der Waals surface area (Å²) < 4.78 is 0. The summed E-state index contributed by atoms with van der Waals surface area (Å²) in [7, 11) is 0. The molecule has 0 unspecified atom stereocenters. The predicted molar refractivity (Wildman–Crippen MR) is 303 cm³/mol. The van der Waals surface area contributed by atoms with Crippen LogP contribution in [0.15, 0.2) is 51.9 Å². The summed E-state index contributed by atoms with van der Waals surface area (Å²) in [6.07, 6.45) is 9.68. The van der Waals surface area contributed by atoms with Crippen molar-refractivity contribution < 1.29 is 0 Å². The highest BCUT2D eigenvalue weighted by atomic mass is 32.2. The van der Waals surface area contributed by atoms with E-state index >= 15 is 0 Å². The number of aromatic nitrogens is 18. The van der Waals surface area contributed by atoms with Crippen molar-refractivity contribution >= 4 is 83.7 Å². The number of nitrogens with zero attached hydrogens (tertiary/aromatic N) is 18. The molecule has 7 rings (SSSR count). The van der Waals surface area contributed by atoms with Gasteiger partial charge in [0.2, 0.25) is 47.6 Å². The number of nitrogen functional groups attached to an aromatic ring is 2. The lowest BCUT2D eigenvalue weighted by molar-refractivity contribution is 0.726. The second-order valence-electron chi connectivity index (χ2n) is 17.0. The van der Waals surface area contributed by atoms with Crippen molar-refractivity contribution in [1.29, 1.82) is 0 Å². The molecular formula is C47H67N27S3. The third-order valence-corrected chi connectivity index (χ3v) is 12.5. The van der Waals surface area contributed by atoms with Gasteiger partial charge in [0, 0.05) is 88.4 Å². The Morgan fingerprint density at radius 3 is 1.44 bits per heavy atom. The van der Waals surface area contributed by atoms with Crippen LogP contribution in [0.4, 0.5) is 47.6 Å². The van der Waals surface area contributed by atoms with Crippen LogP contribution in [0.1, 0.15) is 86.2 Å². The van der Waals surface area contributed by atoms with Gasteiger partial charge in [0.15, 0.2) is 10.3 Å². The summed E-state index contributed by atoms with van der Waals surface area (Å²) in [6, 6.07) is 10.1. The molecule has 12 N–H and O–H groups in total. The van der Waals surface area contributed by atoms with Crippen LogP contribution in [0.25, 0.3) is 0 Å². The lowest BCUT2D eigenvalue weighted by Crippen LogP contribution is -2.15. The summed E-state index contributed by atoms with van der Waals surface area (Å²) >= 11 is 7.44. The highest BCUT2D eigenvalue weighted by Crippen LogP contribution is 2.25. The van der Waals surface area contributed by atoms with Crippen LogP contribution in [0.5, 0.6) is 0 Å². The summed E-state index contributed by atoms with van der Waals surface area (Å²) in [6.45, 7) is 8.02. The highest BCUT2D eigenvalue weighted by molar-refractivity contribution is 7.99. The molecule has 30 heteroatoms. The first kappa shape index (κ1) is 57.4.